The van der Waals surface area contributed by atoms with Crippen LogP contribution in [0, 0.1) is 17.8 Å². The van der Waals surface area contributed by atoms with Crippen LogP contribution in [0.2, 0.25) is 0 Å². The fourth-order valence-electron chi connectivity index (χ4n) is 2.45. The van der Waals surface area contributed by atoms with Crippen LogP contribution < -0.4 is 4.72 Å². The first-order chi connectivity index (χ1) is 8.44. The fourth-order valence-corrected chi connectivity index (χ4v) is 4.25. The Kier molecular flexibility index (Phi) is 6.96. The van der Waals surface area contributed by atoms with Gasteiger partial charge in [-0.05, 0) is 37.0 Å². The minimum Gasteiger partial charge on any atom is -0.215 e. The van der Waals surface area contributed by atoms with Gasteiger partial charge in [-0.15, -0.1) is 11.6 Å². The molecule has 3 nitrogen and oxygen atoms in total. The van der Waals surface area contributed by atoms with Crippen molar-refractivity contribution in [1.82, 2.24) is 4.72 Å². The molecular formula is C13H26ClNO2S. The third-order valence-electron chi connectivity index (χ3n) is 3.79. The van der Waals surface area contributed by atoms with E-state index in [9.17, 15) is 8.42 Å². The van der Waals surface area contributed by atoms with Crippen LogP contribution in [0.1, 0.15) is 46.0 Å². The van der Waals surface area contributed by atoms with E-state index in [1.807, 2.05) is 13.8 Å². The van der Waals surface area contributed by atoms with E-state index in [1.165, 1.54) is 12.8 Å². The number of alkyl halides is 1. The molecule has 1 aliphatic carbocycles. The number of sulfonamides is 1. The lowest BCUT2D eigenvalue weighted by molar-refractivity contribution is 0.260. The van der Waals surface area contributed by atoms with Gasteiger partial charge in [0.25, 0.3) is 0 Å². The monoisotopic (exact) mass is 295 g/mol. The van der Waals surface area contributed by atoms with E-state index in [1.54, 1.807) is 0 Å². The lowest BCUT2D eigenvalue weighted by atomic mass is 9.80. The van der Waals surface area contributed by atoms with Gasteiger partial charge in [-0.2, -0.15) is 0 Å². The second-order valence-corrected chi connectivity index (χ2v) is 8.04. The van der Waals surface area contributed by atoms with E-state index >= 15 is 0 Å². The maximum Gasteiger partial charge on any atom is 0.211 e. The van der Waals surface area contributed by atoms with Gasteiger partial charge < -0.3 is 0 Å². The van der Waals surface area contributed by atoms with Gasteiger partial charge in [0.1, 0.15) is 0 Å². The van der Waals surface area contributed by atoms with Crippen molar-refractivity contribution in [3.63, 3.8) is 0 Å². The lowest BCUT2D eigenvalue weighted by Gasteiger charge is -2.30. The molecule has 0 bridgehead atoms. The van der Waals surface area contributed by atoms with Gasteiger partial charge in [0, 0.05) is 12.4 Å². The summed E-state index contributed by atoms with van der Waals surface area (Å²) in [6.45, 7) is 4.65. The zero-order valence-electron chi connectivity index (χ0n) is 11.5. The van der Waals surface area contributed by atoms with Crippen LogP contribution in [-0.4, -0.2) is 26.6 Å². The van der Waals surface area contributed by atoms with E-state index < -0.39 is 10.0 Å². The molecule has 2 unspecified atom stereocenters. The normalized spacial score (nSPS) is 25.6. The van der Waals surface area contributed by atoms with E-state index in [4.69, 9.17) is 11.6 Å². The average Bonchev–Trinajstić information content (AvgIpc) is 2.34. The molecule has 1 N–H and O–H groups in total. The summed E-state index contributed by atoms with van der Waals surface area (Å²) in [7, 11) is -3.10. The second kappa shape index (κ2) is 7.71. The van der Waals surface area contributed by atoms with Crippen molar-refractivity contribution in [2.45, 2.75) is 46.0 Å². The van der Waals surface area contributed by atoms with Crippen molar-refractivity contribution in [2.24, 2.45) is 17.8 Å². The molecule has 1 rings (SSSR count). The number of rotatable bonds is 7. The van der Waals surface area contributed by atoms with Crippen molar-refractivity contribution in [2.75, 3.05) is 18.2 Å². The minimum atomic E-state index is -3.10. The standard InChI is InChI=1S/C13H26ClNO2S/c1-11(2)7-8-18(16,17)15-10-13-6-4-3-5-12(13)9-14/h11-13,15H,3-10H2,1-2H3. The zero-order chi connectivity index (χ0) is 13.6. The average molecular weight is 296 g/mol. The first-order valence-corrected chi connectivity index (χ1v) is 9.16. The van der Waals surface area contributed by atoms with Crippen molar-refractivity contribution in [3.8, 4) is 0 Å². The van der Waals surface area contributed by atoms with Gasteiger partial charge in [-0.1, -0.05) is 26.7 Å². The minimum absolute atomic E-state index is 0.239. The number of halogens is 1. The summed E-state index contributed by atoms with van der Waals surface area (Å²) < 4.78 is 26.4. The van der Waals surface area contributed by atoms with Crippen LogP contribution in [0.3, 0.4) is 0 Å². The summed E-state index contributed by atoms with van der Waals surface area (Å²) in [5.41, 5.74) is 0. The molecule has 0 aliphatic heterocycles. The summed E-state index contributed by atoms with van der Waals surface area (Å²) in [5, 5.41) is 0. The highest BCUT2D eigenvalue weighted by Crippen LogP contribution is 2.30. The highest BCUT2D eigenvalue weighted by Gasteiger charge is 2.25. The van der Waals surface area contributed by atoms with Crippen molar-refractivity contribution < 1.29 is 8.42 Å². The summed E-state index contributed by atoms with van der Waals surface area (Å²) in [6.07, 6.45) is 5.39. The summed E-state index contributed by atoms with van der Waals surface area (Å²) >= 11 is 5.95. The number of nitrogens with one attached hydrogen (secondary N) is 1. The molecule has 5 heteroatoms. The van der Waals surface area contributed by atoms with Crippen LogP contribution in [-0.2, 0) is 10.0 Å². The Morgan fingerprint density at radius 1 is 1.22 bits per heavy atom. The molecule has 1 fully saturated rings. The SMILES string of the molecule is CC(C)CCS(=O)(=O)NCC1CCCCC1CCl. The Morgan fingerprint density at radius 2 is 1.83 bits per heavy atom. The smallest absolute Gasteiger partial charge is 0.211 e. The molecule has 0 saturated heterocycles. The van der Waals surface area contributed by atoms with Crippen LogP contribution in [0.5, 0.6) is 0 Å². The Labute approximate surface area is 117 Å². The summed E-state index contributed by atoms with van der Waals surface area (Å²) in [6, 6.07) is 0. The van der Waals surface area contributed by atoms with Crippen LogP contribution in [0.15, 0.2) is 0 Å². The van der Waals surface area contributed by atoms with Crippen molar-refractivity contribution in [3.05, 3.63) is 0 Å². The number of hydrogen-bond donors (Lipinski definition) is 1. The van der Waals surface area contributed by atoms with Gasteiger partial charge in [0.05, 0.1) is 5.75 Å². The quantitative estimate of drug-likeness (QED) is 0.734. The van der Waals surface area contributed by atoms with Gasteiger partial charge in [-0.25, -0.2) is 13.1 Å². The zero-order valence-corrected chi connectivity index (χ0v) is 13.1. The van der Waals surface area contributed by atoms with Gasteiger partial charge >= 0.3 is 0 Å². The highest BCUT2D eigenvalue weighted by atomic mass is 35.5. The van der Waals surface area contributed by atoms with Crippen LogP contribution in [0.4, 0.5) is 0 Å². The third kappa shape index (κ3) is 5.89. The Balaban J connectivity index is 2.38. The molecule has 0 aromatic rings. The predicted octanol–water partition coefficient (Wildman–Crippen LogP) is 3.00. The maximum atomic E-state index is 11.8. The van der Waals surface area contributed by atoms with E-state index in [0.717, 1.165) is 19.3 Å². The lowest BCUT2D eigenvalue weighted by Crippen LogP contribution is -2.36. The molecule has 1 saturated carbocycles. The van der Waals surface area contributed by atoms with Crippen LogP contribution in [0.25, 0.3) is 0 Å². The Bertz CT molecular complexity index is 330. The molecule has 0 aromatic carbocycles. The van der Waals surface area contributed by atoms with Crippen molar-refractivity contribution in [1.29, 1.82) is 0 Å². The molecule has 2 atom stereocenters. The molecule has 1 aliphatic rings. The van der Waals surface area contributed by atoms with Gasteiger partial charge in [-0.3, -0.25) is 0 Å². The van der Waals surface area contributed by atoms with Crippen molar-refractivity contribution >= 4 is 21.6 Å². The van der Waals surface area contributed by atoms with Gasteiger partial charge in [0.2, 0.25) is 10.0 Å². The molecule has 0 radical (unpaired) electrons. The fraction of sp³-hybridized carbons (Fsp3) is 1.00. The molecule has 18 heavy (non-hydrogen) atoms. The van der Waals surface area contributed by atoms with E-state index in [0.29, 0.717) is 30.2 Å². The molecule has 0 heterocycles. The van der Waals surface area contributed by atoms with E-state index in [2.05, 4.69) is 4.72 Å². The molecular weight excluding hydrogens is 270 g/mol. The largest absolute Gasteiger partial charge is 0.215 e. The Morgan fingerprint density at radius 3 is 2.39 bits per heavy atom. The maximum absolute atomic E-state index is 11.8. The van der Waals surface area contributed by atoms with Gasteiger partial charge in [0.15, 0.2) is 0 Å². The molecule has 0 amide bonds. The second-order valence-electron chi connectivity index (χ2n) is 5.81. The third-order valence-corrected chi connectivity index (χ3v) is 5.57. The topological polar surface area (TPSA) is 46.2 Å². The Hall–Kier alpha value is 0.200. The summed E-state index contributed by atoms with van der Waals surface area (Å²) in [4.78, 5) is 0. The first kappa shape index (κ1) is 16.3. The molecule has 108 valence electrons. The first-order valence-electron chi connectivity index (χ1n) is 6.98. The predicted molar refractivity (Wildman–Crippen MR) is 77.4 cm³/mol. The van der Waals surface area contributed by atoms with Crippen LogP contribution >= 0.6 is 11.6 Å². The summed E-state index contributed by atoms with van der Waals surface area (Å²) in [5.74, 6) is 2.21. The van der Waals surface area contributed by atoms with E-state index in [-0.39, 0.29) is 5.75 Å². The highest BCUT2D eigenvalue weighted by molar-refractivity contribution is 7.89. The molecule has 0 aromatic heterocycles. The molecule has 0 spiro atoms. The number of hydrogen-bond acceptors (Lipinski definition) is 2.